The quantitative estimate of drug-likeness (QED) is 0.162. The van der Waals surface area contributed by atoms with Gasteiger partial charge in [0.05, 0.1) is 34.4 Å². The van der Waals surface area contributed by atoms with Crippen molar-refractivity contribution in [3.05, 3.63) is 82.2 Å². The van der Waals surface area contributed by atoms with Gasteiger partial charge in [-0.05, 0) is 42.4 Å². The highest BCUT2D eigenvalue weighted by Gasteiger charge is 2.40. The number of hydrogen-bond donors (Lipinski definition) is 3. The third kappa shape index (κ3) is 8.05. The second-order valence-corrected chi connectivity index (χ2v) is 10.5. The third-order valence-electron chi connectivity index (χ3n) is 7.19. The molecule has 6 nitrogen and oxygen atoms in total. The molecule has 18 heteroatoms. The van der Waals surface area contributed by atoms with Crippen LogP contribution >= 0.6 is 0 Å². The molecule has 4 rings (SSSR count). The van der Waals surface area contributed by atoms with Gasteiger partial charge < -0.3 is 15.5 Å². The number of halogens is 12. The molecule has 0 saturated heterocycles. The first kappa shape index (κ1) is 36.1. The van der Waals surface area contributed by atoms with Crippen molar-refractivity contribution in [2.75, 3.05) is 33.2 Å². The van der Waals surface area contributed by atoms with Crippen LogP contribution in [-0.4, -0.2) is 58.3 Å². The van der Waals surface area contributed by atoms with Crippen LogP contribution in [0.15, 0.2) is 48.5 Å². The lowest BCUT2D eigenvalue weighted by Crippen LogP contribution is -2.37. The van der Waals surface area contributed by atoms with Gasteiger partial charge in [-0.1, -0.05) is 24.3 Å². The first-order valence-electron chi connectivity index (χ1n) is 13.5. The molecule has 2 atom stereocenters. The summed E-state index contributed by atoms with van der Waals surface area (Å²) in [5, 5.41) is 24.0. The summed E-state index contributed by atoms with van der Waals surface area (Å²) in [6.07, 6.45) is -24.6. The first-order chi connectivity index (χ1) is 21.6. The highest BCUT2D eigenvalue weighted by Crippen LogP contribution is 2.41. The molecule has 3 N–H and O–H groups in total. The number of alkyl halides is 12. The molecule has 0 amide bonds. The van der Waals surface area contributed by atoms with Gasteiger partial charge in [0, 0.05) is 37.0 Å². The Morgan fingerprint density at radius 1 is 0.638 bits per heavy atom. The van der Waals surface area contributed by atoms with Gasteiger partial charge in [-0.2, -0.15) is 52.7 Å². The van der Waals surface area contributed by atoms with Crippen LogP contribution < -0.4 is 5.32 Å². The van der Waals surface area contributed by atoms with Crippen molar-refractivity contribution in [3.8, 4) is 0 Å². The van der Waals surface area contributed by atoms with Crippen molar-refractivity contribution in [3.63, 3.8) is 0 Å². The Hall–Kier alpha value is -3.74. The van der Waals surface area contributed by atoms with Gasteiger partial charge in [-0.3, -0.25) is 4.90 Å². The van der Waals surface area contributed by atoms with Crippen LogP contribution in [-0.2, 0) is 24.7 Å². The zero-order valence-electron chi connectivity index (χ0n) is 23.9. The van der Waals surface area contributed by atoms with Gasteiger partial charge in [-0.25, -0.2) is 9.97 Å². The molecule has 4 aromatic rings. The molecular weight excluding hydrogens is 664 g/mol. The molecule has 2 unspecified atom stereocenters. The number of hydrogen-bond acceptors (Lipinski definition) is 6. The largest absolute Gasteiger partial charge is 0.433 e. The van der Waals surface area contributed by atoms with Crippen LogP contribution in [0, 0.1) is 0 Å². The molecule has 256 valence electrons. The van der Waals surface area contributed by atoms with Gasteiger partial charge in [0.2, 0.25) is 0 Å². The molecule has 2 heterocycles. The molecule has 0 radical (unpaired) electrons. The average Bonchev–Trinajstić information content (AvgIpc) is 2.95. The fourth-order valence-electron chi connectivity index (χ4n) is 5.06. The standard InChI is InChI=1S/C29H24F12N4O2/c1-42-8-9-45(12-20(46)16-10-22(28(36,37)38)43-24-14(16)4-2-6-18(24)26(30,31)32)13-21(47)17-11-23(29(39,40)41)44-25-15(17)5-3-7-19(25)27(33,34)35/h2-7,10-11,20-21,42,46-47H,8-9,12-13H2,1H3. The highest BCUT2D eigenvalue weighted by molar-refractivity contribution is 5.87. The second kappa shape index (κ2) is 13.0. The van der Waals surface area contributed by atoms with Gasteiger partial charge in [0.15, 0.2) is 0 Å². The Morgan fingerprint density at radius 3 is 1.34 bits per heavy atom. The second-order valence-electron chi connectivity index (χ2n) is 10.5. The van der Waals surface area contributed by atoms with Crippen LogP contribution in [0.5, 0.6) is 0 Å². The van der Waals surface area contributed by atoms with Gasteiger partial charge in [-0.15, -0.1) is 0 Å². The Balaban J connectivity index is 1.78. The number of aliphatic hydroxyl groups excluding tert-OH is 2. The van der Waals surface area contributed by atoms with Crippen LogP contribution in [0.1, 0.15) is 45.8 Å². The predicted molar refractivity (Wildman–Crippen MR) is 144 cm³/mol. The summed E-state index contributed by atoms with van der Waals surface area (Å²) >= 11 is 0. The third-order valence-corrected chi connectivity index (χ3v) is 7.19. The van der Waals surface area contributed by atoms with E-state index in [0.717, 1.165) is 24.3 Å². The molecule has 0 aliphatic rings. The summed E-state index contributed by atoms with van der Waals surface area (Å²) in [7, 11) is 1.47. The van der Waals surface area contributed by atoms with Crippen molar-refractivity contribution in [2.24, 2.45) is 0 Å². The molecule has 0 bridgehead atoms. The Morgan fingerprint density at radius 2 is 1.02 bits per heavy atom. The van der Waals surface area contributed by atoms with E-state index in [0.29, 0.717) is 24.3 Å². The zero-order valence-corrected chi connectivity index (χ0v) is 23.9. The van der Waals surface area contributed by atoms with Gasteiger partial charge in [0.25, 0.3) is 0 Å². The van der Waals surface area contributed by atoms with Crippen molar-refractivity contribution in [1.82, 2.24) is 20.2 Å². The zero-order chi connectivity index (χ0) is 35.1. The molecule has 47 heavy (non-hydrogen) atoms. The van der Waals surface area contributed by atoms with E-state index in [1.807, 2.05) is 0 Å². The number of aromatic nitrogens is 2. The van der Waals surface area contributed by atoms with Crippen LogP contribution in [0.25, 0.3) is 21.8 Å². The first-order valence-corrected chi connectivity index (χ1v) is 13.5. The minimum absolute atomic E-state index is 0.0751. The number of rotatable bonds is 9. The lowest BCUT2D eigenvalue weighted by molar-refractivity contribution is -0.142. The summed E-state index contributed by atoms with van der Waals surface area (Å²) in [4.78, 5) is 7.49. The number of pyridine rings is 2. The summed E-state index contributed by atoms with van der Waals surface area (Å²) in [5.74, 6) is 0. The number of para-hydroxylation sites is 2. The van der Waals surface area contributed by atoms with E-state index in [4.69, 9.17) is 0 Å². The summed E-state index contributed by atoms with van der Waals surface area (Å²) in [6, 6.07) is 5.60. The molecule has 0 aliphatic carbocycles. The number of aliphatic hydroxyl groups is 2. The molecule has 2 aromatic heterocycles. The van der Waals surface area contributed by atoms with E-state index in [-0.39, 0.29) is 13.1 Å². The average molecular weight is 689 g/mol. The van der Waals surface area contributed by atoms with E-state index in [2.05, 4.69) is 15.3 Å². The maximum Gasteiger partial charge on any atom is 0.433 e. The summed E-state index contributed by atoms with van der Waals surface area (Å²) in [6.45, 7) is -1.40. The molecular formula is C29H24F12N4O2. The van der Waals surface area contributed by atoms with Gasteiger partial charge >= 0.3 is 24.7 Å². The topological polar surface area (TPSA) is 81.5 Å². The minimum atomic E-state index is -5.22. The molecule has 0 fully saturated rings. The van der Waals surface area contributed by atoms with E-state index in [1.54, 1.807) is 0 Å². The smallest absolute Gasteiger partial charge is 0.387 e. The van der Waals surface area contributed by atoms with Crippen molar-refractivity contribution in [1.29, 1.82) is 0 Å². The maximum atomic E-state index is 13.7. The fourth-order valence-corrected chi connectivity index (χ4v) is 5.06. The van der Waals surface area contributed by atoms with Crippen LogP contribution in [0.2, 0.25) is 0 Å². The van der Waals surface area contributed by atoms with Gasteiger partial charge in [0.1, 0.15) is 11.4 Å². The van der Waals surface area contributed by atoms with Crippen LogP contribution in [0.4, 0.5) is 52.7 Å². The minimum Gasteiger partial charge on any atom is -0.387 e. The van der Waals surface area contributed by atoms with Crippen molar-refractivity contribution < 1.29 is 62.9 Å². The van der Waals surface area contributed by atoms with E-state index in [9.17, 15) is 62.9 Å². The Kier molecular flexibility index (Phi) is 10.0. The maximum absolute atomic E-state index is 13.7. The normalized spacial score (nSPS) is 14.7. The summed E-state index contributed by atoms with van der Waals surface area (Å²) in [5.41, 5.74) is -9.87. The SMILES string of the molecule is CNCCN(CC(O)c1cc(C(F)(F)F)nc2c(C(F)(F)F)cccc12)CC(O)c1cc(C(F)(F)F)nc2c(C(F)(F)F)cccc12. The van der Waals surface area contributed by atoms with Crippen molar-refractivity contribution >= 4 is 21.8 Å². The molecule has 0 spiro atoms. The Bertz CT molecular complexity index is 1610. The Labute approximate surface area is 257 Å². The number of nitrogens with one attached hydrogen (secondary N) is 1. The number of nitrogens with zero attached hydrogens (tertiary/aromatic N) is 3. The number of benzene rings is 2. The predicted octanol–water partition coefficient (Wildman–Crippen LogP) is 7.15. The lowest BCUT2D eigenvalue weighted by Gasteiger charge is -2.29. The number of likely N-dealkylation sites (N-methyl/N-ethyl adjacent to an activating group) is 1. The van der Waals surface area contributed by atoms with E-state index in [1.165, 1.54) is 11.9 Å². The highest BCUT2D eigenvalue weighted by atomic mass is 19.4. The summed E-state index contributed by atoms with van der Waals surface area (Å²) < 4.78 is 164. The monoisotopic (exact) mass is 688 g/mol. The van der Waals surface area contributed by atoms with Crippen LogP contribution in [0.3, 0.4) is 0 Å². The number of fused-ring (bicyclic) bond motifs is 2. The fraction of sp³-hybridized carbons (Fsp3) is 0.379. The molecule has 0 saturated carbocycles. The molecule has 0 aliphatic heterocycles. The van der Waals surface area contributed by atoms with E-state index >= 15 is 0 Å². The lowest BCUT2D eigenvalue weighted by atomic mass is 9.98. The van der Waals surface area contributed by atoms with E-state index < -0.39 is 105 Å². The van der Waals surface area contributed by atoms with Crippen molar-refractivity contribution in [2.45, 2.75) is 36.9 Å². The molecule has 2 aromatic carbocycles.